The molecule has 0 fully saturated rings. The summed E-state index contributed by atoms with van der Waals surface area (Å²) in [6, 6.07) is 23.5. The SMILES string of the molecule is C[n+]1ccccc1-c1cccc(-c2cc3ccccc3c[n+]2C)[n+]1C. The summed E-state index contributed by atoms with van der Waals surface area (Å²) in [6.45, 7) is 0. The maximum Gasteiger partial charge on any atom is 0.277 e. The van der Waals surface area contributed by atoms with E-state index in [0.717, 1.165) is 0 Å². The van der Waals surface area contributed by atoms with Crippen LogP contribution in [-0.2, 0) is 21.1 Å². The molecule has 0 aliphatic carbocycles. The van der Waals surface area contributed by atoms with E-state index < -0.39 is 0 Å². The largest absolute Gasteiger partial charge is 0.277 e. The Labute approximate surface area is 148 Å². The maximum atomic E-state index is 2.26. The van der Waals surface area contributed by atoms with Crippen molar-refractivity contribution in [3.63, 3.8) is 0 Å². The van der Waals surface area contributed by atoms with Gasteiger partial charge in [0.05, 0.1) is 0 Å². The van der Waals surface area contributed by atoms with E-state index in [0.29, 0.717) is 0 Å². The van der Waals surface area contributed by atoms with E-state index in [9.17, 15) is 0 Å². The lowest BCUT2D eigenvalue weighted by Crippen LogP contribution is -2.42. The number of benzene rings is 1. The molecule has 25 heavy (non-hydrogen) atoms. The normalized spacial score (nSPS) is 11.0. The summed E-state index contributed by atoms with van der Waals surface area (Å²) in [7, 11) is 6.32. The molecule has 0 saturated carbocycles. The summed E-state index contributed by atoms with van der Waals surface area (Å²) in [5.41, 5.74) is 4.76. The van der Waals surface area contributed by atoms with Gasteiger partial charge in [-0.25, -0.2) is 0 Å². The number of hydrogen-bond acceptors (Lipinski definition) is 0. The van der Waals surface area contributed by atoms with E-state index in [2.05, 4.69) is 114 Å². The smallest absolute Gasteiger partial charge is 0.196 e. The molecule has 3 heterocycles. The van der Waals surface area contributed by atoms with Gasteiger partial charge in [-0.05, 0) is 23.6 Å². The highest BCUT2D eigenvalue weighted by molar-refractivity contribution is 5.83. The predicted molar refractivity (Wildman–Crippen MR) is 98.3 cm³/mol. The lowest BCUT2D eigenvalue weighted by molar-refractivity contribution is -0.697. The van der Waals surface area contributed by atoms with Crippen LogP contribution in [0, 0.1) is 0 Å². The summed E-state index contributed by atoms with van der Waals surface area (Å²) in [4.78, 5) is 0. The van der Waals surface area contributed by atoms with E-state index in [1.807, 2.05) is 0 Å². The quantitative estimate of drug-likeness (QED) is 0.502. The molecule has 0 aliphatic heterocycles. The van der Waals surface area contributed by atoms with Gasteiger partial charge in [0, 0.05) is 35.7 Å². The summed E-state index contributed by atoms with van der Waals surface area (Å²) in [5, 5.41) is 2.51. The molecule has 1 aromatic carbocycles. The number of fused-ring (bicyclic) bond motifs is 1. The molecule has 122 valence electrons. The molecule has 4 aromatic rings. The molecule has 0 spiro atoms. The van der Waals surface area contributed by atoms with Gasteiger partial charge in [-0.3, -0.25) is 0 Å². The van der Waals surface area contributed by atoms with Gasteiger partial charge < -0.3 is 0 Å². The molecular weight excluding hydrogens is 306 g/mol. The zero-order valence-corrected chi connectivity index (χ0v) is 14.8. The average Bonchev–Trinajstić information content (AvgIpc) is 2.62. The Kier molecular flexibility index (Phi) is 3.77. The van der Waals surface area contributed by atoms with Gasteiger partial charge in [-0.2, -0.15) is 13.7 Å². The van der Waals surface area contributed by atoms with Crippen LogP contribution >= 0.6 is 0 Å². The highest BCUT2D eigenvalue weighted by Crippen LogP contribution is 2.20. The molecule has 0 saturated heterocycles. The first-order chi connectivity index (χ1) is 12.1. The van der Waals surface area contributed by atoms with E-state index in [-0.39, 0.29) is 0 Å². The summed E-state index contributed by atoms with van der Waals surface area (Å²) < 4.78 is 6.62. The molecule has 4 rings (SSSR count). The minimum Gasteiger partial charge on any atom is -0.196 e. The van der Waals surface area contributed by atoms with Crippen molar-refractivity contribution in [1.82, 2.24) is 0 Å². The fraction of sp³-hybridized carbons (Fsp3) is 0.136. The van der Waals surface area contributed by atoms with Crippen LogP contribution in [0.15, 0.2) is 79.1 Å². The molecule has 3 nitrogen and oxygen atoms in total. The Morgan fingerprint density at radius 2 is 1.20 bits per heavy atom. The van der Waals surface area contributed by atoms with E-state index in [1.54, 1.807) is 0 Å². The van der Waals surface area contributed by atoms with Crippen LogP contribution in [0.3, 0.4) is 0 Å². The van der Waals surface area contributed by atoms with Crippen LogP contribution in [0.25, 0.3) is 33.5 Å². The second-order valence-electron chi connectivity index (χ2n) is 6.45. The standard InChI is InChI=1S/C22H22N3/c1-23-14-7-6-11-19(23)20-12-8-13-21(25(20)3)22-15-17-9-4-5-10-18(17)16-24(22)2/h4-16H,1-3H3/q+3. The molecule has 3 aromatic heterocycles. The second kappa shape index (κ2) is 6.10. The zero-order valence-electron chi connectivity index (χ0n) is 14.8. The third-order valence-corrected chi connectivity index (χ3v) is 4.81. The monoisotopic (exact) mass is 328 g/mol. The minimum absolute atomic E-state index is 1.19. The fourth-order valence-electron chi connectivity index (χ4n) is 3.43. The van der Waals surface area contributed by atoms with Crippen molar-refractivity contribution in [1.29, 1.82) is 0 Å². The molecule has 0 aliphatic rings. The molecule has 0 radical (unpaired) electrons. The Morgan fingerprint density at radius 3 is 1.96 bits per heavy atom. The van der Waals surface area contributed by atoms with Crippen molar-refractivity contribution in [3.8, 4) is 22.8 Å². The molecular formula is C22H22N3+3. The second-order valence-corrected chi connectivity index (χ2v) is 6.45. The van der Waals surface area contributed by atoms with Crippen molar-refractivity contribution < 1.29 is 13.7 Å². The van der Waals surface area contributed by atoms with Crippen LogP contribution in [0.5, 0.6) is 0 Å². The first kappa shape index (κ1) is 15.5. The minimum atomic E-state index is 1.19. The number of hydrogen-bond donors (Lipinski definition) is 0. The Hall–Kier alpha value is -3.07. The van der Waals surface area contributed by atoms with Crippen LogP contribution in [0.4, 0.5) is 0 Å². The van der Waals surface area contributed by atoms with Gasteiger partial charge in [0.2, 0.25) is 0 Å². The van der Waals surface area contributed by atoms with E-state index in [4.69, 9.17) is 0 Å². The third-order valence-electron chi connectivity index (χ3n) is 4.81. The zero-order chi connectivity index (χ0) is 17.4. The highest BCUT2D eigenvalue weighted by atomic mass is 15.0. The summed E-state index contributed by atoms with van der Waals surface area (Å²) in [5.74, 6) is 0. The van der Waals surface area contributed by atoms with Crippen LogP contribution in [-0.4, -0.2) is 0 Å². The van der Waals surface area contributed by atoms with Gasteiger partial charge in [0.25, 0.3) is 22.8 Å². The predicted octanol–water partition coefficient (Wildman–Crippen LogP) is 2.65. The fourth-order valence-corrected chi connectivity index (χ4v) is 3.43. The van der Waals surface area contributed by atoms with Crippen molar-refractivity contribution in [2.24, 2.45) is 21.1 Å². The first-order valence-electron chi connectivity index (χ1n) is 8.48. The summed E-state index contributed by atoms with van der Waals surface area (Å²) in [6.07, 6.45) is 4.28. The molecule has 0 amide bonds. The number of aromatic nitrogens is 3. The van der Waals surface area contributed by atoms with Gasteiger partial charge >= 0.3 is 0 Å². The highest BCUT2D eigenvalue weighted by Gasteiger charge is 2.26. The molecule has 3 heteroatoms. The number of pyridine rings is 3. The first-order valence-corrected chi connectivity index (χ1v) is 8.48. The summed E-state index contributed by atoms with van der Waals surface area (Å²) >= 11 is 0. The Balaban J connectivity index is 1.94. The van der Waals surface area contributed by atoms with Crippen LogP contribution in [0.2, 0.25) is 0 Å². The van der Waals surface area contributed by atoms with Crippen molar-refractivity contribution in [2.45, 2.75) is 0 Å². The molecule has 0 N–H and O–H groups in total. The number of rotatable bonds is 2. The van der Waals surface area contributed by atoms with Gasteiger partial charge in [-0.1, -0.05) is 18.2 Å². The van der Waals surface area contributed by atoms with Crippen LogP contribution < -0.4 is 13.7 Å². The van der Waals surface area contributed by atoms with E-state index in [1.165, 1.54) is 33.5 Å². The lowest BCUT2D eigenvalue weighted by Gasteiger charge is -2.04. The van der Waals surface area contributed by atoms with Gasteiger partial charge in [0.1, 0.15) is 21.1 Å². The number of aryl methyl sites for hydroxylation is 2. The number of nitrogens with zero attached hydrogens (tertiary/aromatic N) is 3. The average molecular weight is 328 g/mol. The van der Waals surface area contributed by atoms with Crippen molar-refractivity contribution in [3.05, 3.63) is 79.1 Å². The maximum absolute atomic E-state index is 2.26. The molecule has 0 unspecified atom stereocenters. The van der Waals surface area contributed by atoms with Crippen molar-refractivity contribution >= 4 is 10.8 Å². The van der Waals surface area contributed by atoms with Gasteiger partial charge in [-0.15, -0.1) is 0 Å². The molecule has 0 atom stereocenters. The van der Waals surface area contributed by atoms with Crippen LogP contribution in [0.1, 0.15) is 0 Å². The molecule has 0 bridgehead atoms. The Morgan fingerprint density at radius 1 is 0.560 bits per heavy atom. The van der Waals surface area contributed by atoms with Gasteiger partial charge in [0.15, 0.2) is 12.4 Å². The Bertz CT molecular complexity index is 1080. The topological polar surface area (TPSA) is 11.6 Å². The van der Waals surface area contributed by atoms with Crippen molar-refractivity contribution in [2.75, 3.05) is 0 Å². The lowest BCUT2D eigenvalue weighted by atomic mass is 10.1. The third kappa shape index (κ3) is 2.68. The van der Waals surface area contributed by atoms with E-state index >= 15 is 0 Å².